The third-order valence-corrected chi connectivity index (χ3v) is 4.61. The number of benzene rings is 1. The number of nitrogens with one attached hydrogen (secondary N) is 2. The number of halogens is 2. The van der Waals surface area contributed by atoms with Crippen molar-refractivity contribution in [1.29, 1.82) is 0 Å². The average Bonchev–Trinajstić information content (AvgIpc) is 2.60. The monoisotopic (exact) mass is 376 g/mol. The highest BCUT2D eigenvalue weighted by Crippen LogP contribution is 2.38. The van der Waals surface area contributed by atoms with Gasteiger partial charge in [0.25, 0.3) is 5.91 Å². The Kier molecular flexibility index (Phi) is 6.57. The zero-order chi connectivity index (χ0) is 16.3. The Labute approximate surface area is 152 Å². The molecule has 2 aliphatic heterocycles. The van der Waals surface area contributed by atoms with Crippen LogP contribution in [0.2, 0.25) is 5.02 Å². The molecule has 2 aliphatic rings. The van der Waals surface area contributed by atoms with Gasteiger partial charge >= 0.3 is 0 Å². The van der Waals surface area contributed by atoms with Crippen LogP contribution in [-0.4, -0.2) is 44.9 Å². The van der Waals surface area contributed by atoms with E-state index in [1.165, 1.54) is 0 Å². The number of carbonyl (C=O) groups excluding carboxylic acids is 1. The first-order valence-electron chi connectivity index (χ1n) is 7.77. The average molecular weight is 377 g/mol. The summed E-state index contributed by atoms with van der Waals surface area (Å²) in [7, 11) is 1.59. The normalized spacial score (nSPS) is 18.4. The minimum Gasteiger partial charge on any atom is -0.486 e. The van der Waals surface area contributed by atoms with Gasteiger partial charge in [-0.2, -0.15) is 0 Å². The van der Waals surface area contributed by atoms with E-state index in [0.29, 0.717) is 49.1 Å². The first-order valence-corrected chi connectivity index (χ1v) is 8.15. The number of methoxy groups -OCH3 is 1. The highest BCUT2D eigenvalue weighted by Gasteiger charge is 2.39. The molecule has 1 saturated heterocycles. The zero-order valence-corrected chi connectivity index (χ0v) is 15.1. The van der Waals surface area contributed by atoms with E-state index in [-0.39, 0.29) is 18.3 Å². The molecule has 0 aliphatic carbocycles. The number of piperidine rings is 1. The molecule has 0 aromatic heterocycles. The summed E-state index contributed by atoms with van der Waals surface area (Å²) in [6.07, 6.45) is 1.33. The van der Waals surface area contributed by atoms with Crippen molar-refractivity contribution in [2.75, 3.05) is 33.4 Å². The van der Waals surface area contributed by atoms with Gasteiger partial charge in [-0.15, -0.1) is 12.4 Å². The maximum absolute atomic E-state index is 12.5. The number of fused-ring (bicyclic) bond motifs is 1. The van der Waals surface area contributed by atoms with Gasteiger partial charge in [-0.05, 0) is 43.6 Å². The van der Waals surface area contributed by atoms with Crippen molar-refractivity contribution in [1.82, 2.24) is 10.6 Å². The lowest BCUT2D eigenvalue weighted by molar-refractivity contribution is -0.146. The fraction of sp³-hybridized carbons (Fsp3) is 0.562. The standard InChI is InChI=1S/C16H21ClN2O4.ClH/c1-21-16(2-4-18-5-3-16)15(20)19-10-11-8-12(17)14-13(9-11)22-6-7-23-14;/h8-9,18H,2-7,10H2,1H3,(H,19,20);1H. The Bertz CT molecular complexity index is 592. The van der Waals surface area contributed by atoms with E-state index in [0.717, 1.165) is 18.7 Å². The molecule has 24 heavy (non-hydrogen) atoms. The van der Waals surface area contributed by atoms with E-state index < -0.39 is 5.60 Å². The summed E-state index contributed by atoms with van der Waals surface area (Å²) in [5.74, 6) is 1.10. The van der Waals surface area contributed by atoms with Crippen LogP contribution in [0.25, 0.3) is 0 Å². The van der Waals surface area contributed by atoms with Crippen molar-refractivity contribution in [3.8, 4) is 11.5 Å². The van der Waals surface area contributed by atoms with Gasteiger partial charge in [0.15, 0.2) is 11.5 Å². The minimum atomic E-state index is -0.747. The predicted molar refractivity (Wildman–Crippen MR) is 93.4 cm³/mol. The molecule has 3 rings (SSSR count). The summed E-state index contributed by atoms with van der Waals surface area (Å²) in [6, 6.07) is 3.64. The fourth-order valence-corrected chi connectivity index (χ4v) is 3.25. The maximum Gasteiger partial charge on any atom is 0.252 e. The molecule has 0 atom stereocenters. The Hall–Kier alpha value is -1.21. The van der Waals surface area contributed by atoms with Crippen LogP contribution in [-0.2, 0) is 16.1 Å². The van der Waals surface area contributed by atoms with Crippen LogP contribution in [0.1, 0.15) is 18.4 Å². The zero-order valence-electron chi connectivity index (χ0n) is 13.5. The van der Waals surface area contributed by atoms with Crippen LogP contribution in [0.15, 0.2) is 12.1 Å². The Balaban J connectivity index is 0.00000208. The van der Waals surface area contributed by atoms with Crippen LogP contribution < -0.4 is 20.1 Å². The van der Waals surface area contributed by atoms with E-state index in [4.69, 9.17) is 25.8 Å². The van der Waals surface area contributed by atoms with Gasteiger partial charge in [0.05, 0.1) is 5.02 Å². The first kappa shape index (κ1) is 19.1. The summed E-state index contributed by atoms with van der Waals surface area (Å²) in [4.78, 5) is 12.5. The summed E-state index contributed by atoms with van der Waals surface area (Å²) >= 11 is 6.22. The molecular weight excluding hydrogens is 355 g/mol. The second-order valence-electron chi connectivity index (χ2n) is 5.73. The van der Waals surface area contributed by atoms with Crippen molar-refractivity contribution in [3.05, 3.63) is 22.7 Å². The molecule has 0 bridgehead atoms. The second kappa shape index (κ2) is 8.25. The highest BCUT2D eigenvalue weighted by molar-refractivity contribution is 6.32. The SMILES string of the molecule is COC1(C(=O)NCc2cc(Cl)c3c(c2)OCCO3)CCNCC1.Cl. The molecule has 134 valence electrons. The molecule has 0 radical (unpaired) electrons. The van der Waals surface area contributed by atoms with Gasteiger partial charge < -0.3 is 24.8 Å². The largest absolute Gasteiger partial charge is 0.486 e. The molecule has 0 saturated carbocycles. The van der Waals surface area contributed by atoms with Crippen LogP contribution in [0.3, 0.4) is 0 Å². The van der Waals surface area contributed by atoms with Crippen LogP contribution in [0.5, 0.6) is 11.5 Å². The highest BCUT2D eigenvalue weighted by atomic mass is 35.5. The lowest BCUT2D eigenvalue weighted by Crippen LogP contribution is -2.53. The quantitative estimate of drug-likeness (QED) is 0.839. The van der Waals surface area contributed by atoms with Crippen molar-refractivity contribution < 1.29 is 19.0 Å². The van der Waals surface area contributed by atoms with E-state index >= 15 is 0 Å². The van der Waals surface area contributed by atoms with Gasteiger partial charge in [0.1, 0.15) is 18.8 Å². The lowest BCUT2D eigenvalue weighted by atomic mass is 9.91. The van der Waals surface area contributed by atoms with Gasteiger partial charge in [0, 0.05) is 13.7 Å². The number of ether oxygens (including phenoxy) is 3. The Morgan fingerprint density at radius 1 is 1.33 bits per heavy atom. The molecule has 1 aromatic rings. The van der Waals surface area contributed by atoms with E-state index in [9.17, 15) is 4.79 Å². The van der Waals surface area contributed by atoms with E-state index in [1.54, 1.807) is 13.2 Å². The van der Waals surface area contributed by atoms with Gasteiger partial charge in [-0.1, -0.05) is 11.6 Å². The van der Waals surface area contributed by atoms with Gasteiger partial charge in [0.2, 0.25) is 0 Å². The molecule has 1 amide bonds. The first-order chi connectivity index (χ1) is 11.1. The predicted octanol–water partition coefficient (Wildman–Crippen LogP) is 1.92. The van der Waals surface area contributed by atoms with Gasteiger partial charge in [-0.25, -0.2) is 0 Å². The van der Waals surface area contributed by atoms with E-state index in [2.05, 4.69) is 10.6 Å². The number of hydrogen-bond donors (Lipinski definition) is 2. The fourth-order valence-electron chi connectivity index (χ4n) is 2.96. The number of amides is 1. The van der Waals surface area contributed by atoms with Crippen LogP contribution in [0, 0.1) is 0 Å². The minimum absolute atomic E-state index is 0. The maximum atomic E-state index is 12.5. The topological polar surface area (TPSA) is 68.8 Å². The third kappa shape index (κ3) is 3.88. The summed E-state index contributed by atoms with van der Waals surface area (Å²) < 4.78 is 16.6. The molecule has 0 spiro atoms. The molecule has 2 heterocycles. The molecule has 6 nitrogen and oxygen atoms in total. The summed E-state index contributed by atoms with van der Waals surface area (Å²) in [5.41, 5.74) is 0.121. The molecule has 1 fully saturated rings. The lowest BCUT2D eigenvalue weighted by Gasteiger charge is -2.34. The molecular formula is C16H22Cl2N2O4. The van der Waals surface area contributed by atoms with Crippen molar-refractivity contribution in [3.63, 3.8) is 0 Å². The number of rotatable bonds is 4. The smallest absolute Gasteiger partial charge is 0.252 e. The Morgan fingerprint density at radius 3 is 2.75 bits per heavy atom. The summed E-state index contributed by atoms with van der Waals surface area (Å²) in [5, 5.41) is 6.68. The third-order valence-electron chi connectivity index (χ3n) is 4.33. The molecule has 0 unspecified atom stereocenters. The van der Waals surface area contributed by atoms with E-state index in [1.807, 2.05) is 6.07 Å². The van der Waals surface area contributed by atoms with Crippen LogP contribution >= 0.6 is 24.0 Å². The van der Waals surface area contributed by atoms with Crippen LogP contribution in [0.4, 0.5) is 0 Å². The van der Waals surface area contributed by atoms with Crippen molar-refractivity contribution >= 4 is 29.9 Å². The summed E-state index contributed by atoms with van der Waals surface area (Å²) in [6.45, 7) is 2.91. The molecule has 8 heteroatoms. The number of carbonyl (C=O) groups is 1. The van der Waals surface area contributed by atoms with Crippen molar-refractivity contribution in [2.24, 2.45) is 0 Å². The van der Waals surface area contributed by atoms with Gasteiger partial charge in [-0.3, -0.25) is 4.79 Å². The Morgan fingerprint density at radius 2 is 2.04 bits per heavy atom. The second-order valence-corrected chi connectivity index (χ2v) is 6.14. The number of hydrogen-bond acceptors (Lipinski definition) is 5. The van der Waals surface area contributed by atoms with Crippen molar-refractivity contribution in [2.45, 2.75) is 25.0 Å². The molecule has 2 N–H and O–H groups in total. The molecule has 1 aromatic carbocycles.